The monoisotopic (exact) mass is 539 g/mol. The van der Waals surface area contributed by atoms with Gasteiger partial charge in [0.1, 0.15) is 11.6 Å². The number of ether oxygens (including phenoxy) is 1. The number of amides is 1. The van der Waals surface area contributed by atoms with Crippen molar-refractivity contribution in [3.05, 3.63) is 77.5 Å². The van der Waals surface area contributed by atoms with Gasteiger partial charge in [-0.2, -0.15) is 0 Å². The Morgan fingerprint density at radius 3 is 2.38 bits per heavy atom. The molecule has 1 aromatic heterocycles. The lowest BCUT2D eigenvalue weighted by molar-refractivity contribution is -0.130. The number of hydrogen-bond acceptors (Lipinski definition) is 6. The minimum atomic E-state index is 0.201. The molecule has 0 saturated carbocycles. The number of rotatable bonds is 7. The van der Waals surface area contributed by atoms with E-state index in [1.807, 2.05) is 41.3 Å². The Bertz CT molecular complexity index is 1300. The molecule has 0 spiro atoms. The summed E-state index contributed by atoms with van der Waals surface area (Å²) in [7, 11) is 3.95. The number of nitriles is 1. The number of pyridine rings is 1. The van der Waals surface area contributed by atoms with E-state index in [0.29, 0.717) is 31.5 Å². The first-order chi connectivity index (χ1) is 19.4. The lowest BCUT2D eigenvalue weighted by Gasteiger charge is -2.38. The van der Waals surface area contributed by atoms with Crippen LogP contribution in [0.3, 0.4) is 0 Å². The number of anilines is 1. The van der Waals surface area contributed by atoms with Crippen LogP contribution >= 0.6 is 0 Å². The maximum atomic E-state index is 13.0. The van der Waals surface area contributed by atoms with Crippen LogP contribution in [-0.4, -0.2) is 67.6 Å². The smallest absolute Gasteiger partial charge is 0.227 e. The Morgan fingerprint density at radius 2 is 1.75 bits per heavy atom. The largest absolute Gasteiger partial charge is 0.497 e. The van der Waals surface area contributed by atoms with E-state index < -0.39 is 0 Å². The summed E-state index contributed by atoms with van der Waals surface area (Å²) in [5, 5.41) is 6.50. The summed E-state index contributed by atoms with van der Waals surface area (Å²) < 4.78 is 5.59. The van der Waals surface area contributed by atoms with E-state index in [4.69, 9.17) is 15.0 Å². The van der Waals surface area contributed by atoms with E-state index in [0.717, 1.165) is 48.9 Å². The van der Waals surface area contributed by atoms with Gasteiger partial charge in [-0.1, -0.05) is 56.3 Å². The molecule has 0 bridgehead atoms. The van der Waals surface area contributed by atoms with E-state index in [1.165, 1.54) is 23.1 Å². The van der Waals surface area contributed by atoms with Crippen molar-refractivity contribution in [3.8, 4) is 23.4 Å². The Hall–Kier alpha value is -3.89. The van der Waals surface area contributed by atoms with Crippen LogP contribution in [0.2, 0.25) is 0 Å². The highest BCUT2D eigenvalue weighted by Gasteiger charge is 2.33. The zero-order valence-corrected chi connectivity index (χ0v) is 24.2. The van der Waals surface area contributed by atoms with Crippen LogP contribution in [0.5, 0.6) is 5.75 Å². The van der Waals surface area contributed by atoms with Crippen molar-refractivity contribution in [1.82, 2.24) is 14.8 Å². The van der Waals surface area contributed by atoms with E-state index >= 15 is 0 Å². The normalized spacial score (nSPS) is 17.4. The molecule has 2 aliphatic heterocycles. The quantitative estimate of drug-likeness (QED) is 0.385. The van der Waals surface area contributed by atoms with Crippen LogP contribution in [0, 0.1) is 11.8 Å². The number of benzene rings is 2. The minimum Gasteiger partial charge on any atom is -0.497 e. The molecule has 40 heavy (non-hydrogen) atoms. The summed E-state index contributed by atoms with van der Waals surface area (Å²) in [6.45, 7) is 12.0. The molecule has 0 radical (unpaired) electrons. The standard InChI is InChI=1S/C32H40N4O2.CHN/c1-23(2)28-22-27(25-12-8-13-26(21-25)38-4)31(29-14-9-15-34(29)3)32(33-28)36-18-16-35(17-19-36)30(37)20-24-10-6-5-7-11-24;1-2/h5-8,10-13,21-23,29H,9,14-20H2,1-4H3;1H. The first-order valence-electron chi connectivity index (χ1n) is 14.2. The molecule has 1 unspecified atom stereocenters. The van der Waals surface area contributed by atoms with E-state index in [2.05, 4.69) is 61.5 Å². The molecule has 1 amide bonds. The zero-order chi connectivity index (χ0) is 28.6. The summed E-state index contributed by atoms with van der Waals surface area (Å²) >= 11 is 0. The lowest BCUT2D eigenvalue weighted by Crippen LogP contribution is -2.50. The van der Waals surface area contributed by atoms with Crippen LogP contribution in [0.15, 0.2) is 60.7 Å². The van der Waals surface area contributed by atoms with Crippen molar-refractivity contribution in [1.29, 1.82) is 5.26 Å². The van der Waals surface area contributed by atoms with Crippen LogP contribution < -0.4 is 9.64 Å². The van der Waals surface area contributed by atoms with Crippen molar-refractivity contribution >= 4 is 11.7 Å². The van der Waals surface area contributed by atoms with Gasteiger partial charge in [-0.25, -0.2) is 10.2 Å². The highest BCUT2D eigenvalue weighted by molar-refractivity contribution is 5.79. The van der Waals surface area contributed by atoms with Crippen LogP contribution in [0.25, 0.3) is 11.1 Å². The molecule has 2 saturated heterocycles. The van der Waals surface area contributed by atoms with Gasteiger partial charge in [-0.15, -0.1) is 0 Å². The molecular formula is C33H41N5O2. The molecule has 3 aromatic rings. The number of hydrogen-bond donors (Lipinski definition) is 0. The van der Waals surface area contributed by atoms with Crippen LogP contribution in [0.1, 0.15) is 55.5 Å². The molecule has 210 valence electrons. The first kappa shape index (κ1) is 29.1. The van der Waals surface area contributed by atoms with Crippen molar-refractivity contribution < 1.29 is 9.53 Å². The number of likely N-dealkylation sites (tertiary alicyclic amines) is 1. The summed E-state index contributed by atoms with van der Waals surface area (Å²) in [5.74, 6) is 2.46. The molecule has 7 nitrogen and oxygen atoms in total. The fourth-order valence-corrected chi connectivity index (χ4v) is 5.78. The predicted octanol–water partition coefficient (Wildman–Crippen LogP) is 5.68. The van der Waals surface area contributed by atoms with Gasteiger partial charge in [0, 0.05) is 50.1 Å². The Kier molecular flexibility index (Phi) is 9.79. The maximum Gasteiger partial charge on any atom is 0.227 e. The third kappa shape index (κ3) is 6.46. The zero-order valence-electron chi connectivity index (χ0n) is 24.2. The molecule has 3 heterocycles. The van der Waals surface area contributed by atoms with E-state index in [-0.39, 0.29) is 5.91 Å². The topological polar surface area (TPSA) is 72.7 Å². The van der Waals surface area contributed by atoms with E-state index in [9.17, 15) is 4.79 Å². The van der Waals surface area contributed by atoms with Crippen molar-refractivity contribution in [2.24, 2.45) is 0 Å². The predicted molar refractivity (Wildman–Crippen MR) is 161 cm³/mol. The third-order valence-corrected chi connectivity index (χ3v) is 8.01. The van der Waals surface area contributed by atoms with Crippen LogP contribution in [-0.2, 0) is 11.2 Å². The first-order valence-corrected chi connectivity index (χ1v) is 14.2. The minimum absolute atomic E-state index is 0.201. The molecule has 7 heteroatoms. The average molecular weight is 540 g/mol. The number of carbonyl (C=O) groups is 1. The van der Waals surface area contributed by atoms with E-state index in [1.54, 1.807) is 7.11 Å². The molecule has 2 aliphatic rings. The second-order valence-corrected chi connectivity index (χ2v) is 10.9. The van der Waals surface area contributed by atoms with Gasteiger partial charge in [0.15, 0.2) is 0 Å². The average Bonchev–Trinajstić information content (AvgIpc) is 3.43. The number of methoxy groups -OCH3 is 1. The number of nitrogens with zero attached hydrogens (tertiary/aromatic N) is 5. The molecule has 2 aromatic carbocycles. The third-order valence-electron chi connectivity index (χ3n) is 8.01. The van der Waals surface area contributed by atoms with Crippen molar-refractivity contribution in [3.63, 3.8) is 0 Å². The summed E-state index contributed by atoms with van der Waals surface area (Å²) in [6, 6.07) is 21.0. The Labute approximate surface area is 239 Å². The van der Waals surface area contributed by atoms with Crippen molar-refractivity contribution in [2.75, 3.05) is 51.8 Å². The van der Waals surface area contributed by atoms with Gasteiger partial charge in [0.25, 0.3) is 0 Å². The molecule has 0 aliphatic carbocycles. The highest BCUT2D eigenvalue weighted by atomic mass is 16.5. The Morgan fingerprint density at radius 1 is 1.02 bits per heavy atom. The molecular weight excluding hydrogens is 498 g/mol. The molecule has 1 atom stereocenters. The van der Waals surface area contributed by atoms with Gasteiger partial charge in [0.2, 0.25) is 5.91 Å². The fourth-order valence-electron chi connectivity index (χ4n) is 5.78. The van der Waals surface area contributed by atoms with Gasteiger partial charge in [-0.05, 0) is 67.2 Å². The summed E-state index contributed by atoms with van der Waals surface area (Å²) in [5.41, 5.74) is 5.90. The SMILES string of the molecule is C#N.COc1cccc(-c2cc(C(C)C)nc(N3CCN(C(=O)Cc4ccccc4)CC3)c2C2CCCN2C)c1. The van der Waals surface area contributed by atoms with Gasteiger partial charge in [0.05, 0.1) is 13.5 Å². The summed E-state index contributed by atoms with van der Waals surface area (Å²) in [4.78, 5) is 25.3. The van der Waals surface area contributed by atoms with Crippen LogP contribution in [0.4, 0.5) is 5.82 Å². The highest BCUT2D eigenvalue weighted by Crippen LogP contribution is 2.43. The molecule has 5 rings (SSSR count). The maximum absolute atomic E-state index is 13.0. The summed E-state index contributed by atoms with van der Waals surface area (Å²) in [6.07, 6.45) is 2.77. The van der Waals surface area contributed by atoms with Gasteiger partial charge < -0.3 is 14.5 Å². The second-order valence-electron chi connectivity index (χ2n) is 10.9. The number of aromatic nitrogens is 1. The number of piperazine rings is 1. The lowest BCUT2D eigenvalue weighted by atomic mass is 9.91. The molecule has 0 N–H and O–H groups in total. The van der Waals surface area contributed by atoms with Gasteiger partial charge >= 0.3 is 0 Å². The second kappa shape index (κ2) is 13.5. The number of carbonyl (C=O) groups excluding carboxylic acids is 1. The van der Waals surface area contributed by atoms with Gasteiger partial charge in [-0.3, -0.25) is 9.69 Å². The van der Waals surface area contributed by atoms with Crippen molar-refractivity contribution in [2.45, 2.75) is 45.1 Å². The fraction of sp³-hybridized carbons (Fsp3) is 0.424. The Balaban J connectivity index is 0.00000181. The molecule has 2 fully saturated rings.